The van der Waals surface area contributed by atoms with Gasteiger partial charge in [0, 0.05) is 12.1 Å². The Kier molecular flexibility index (Phi) is 4.06. The Morgan fingerprint density at radius 2 is 1.81 bits per heavy atom. The van der Waals surface area contributed by atoms with Crippen LogP contribution in [0.5, 0.6) is 5.75 Å². The van der Waals surface area contributed by atoms with Gasteiger partial charge in [0.25, 0.3) is 0 Å². The Morgan fingerprint density at radius 1 is 1.14 bits per heavy atom. The zero-order valence-electron chi connectivity index (χ0n) is 11.4. The average molecular weight is 320 g/mol. The molecule has 2 nitrogen and oxygen atoms in total. The van der Waals surface area contributed by atoms with Crippen molar-refractivity contribution in [3.63, 3.8) is 0 Å². The summed E-state index contributed by atoms with van der Waals surface area (Å²) in [5, 5.41) is 3.24. The highest BCUT2D eigenvalue weighted by Gasteiger charge is 2.35. The Bertz CT molecular complexity index is 508. The molecule has 2 bridgehead atoms. The second kappa shape index (κ2) is 5.69. The van der Waals surface area contributed by atoms with E-state index in [9.17, 15) is 13.2 Å². The van der Waals surface area contributed by atoms with E-state index in [0.29, 0.717) is 12.1 Å². The van der Waals surface area contributed by atoms with Gasteiger partial charge in [0.15, 0.2) is 0 Å². The number of ether oxygens (including phenoxy) is 1. The van der Waals surface area contributed by atoms with Crippen molar-refractivity contribution in [1.82, 2.24) is 5.32 Å². The highest BCUT2D eigenvalue weighted by atomic mass is 35.5. The molecule has 2 saturated heterocycles. The molecule has 0 radical (unpaired) electrons. The largest absolute Gasteiger partial charge is 0.490 e. The van der Waals surface area contributed by atoms with Crippen molar-refractivity contribution in [2.45, 2.75) is 56.5 Å². The quantitative estimate of drug-likeness (QED) is 0.871. The lowest BCUT2D eigenvalue weighted by atomic mass is 9.85. The molecule has 3 atom stereocenters. The SMILES string of the molecule is FC(F)(F)c1cc(OC2C[C@H]3CCC[C@@H](C2)N3)ccc1Cl. The summed E-state index contributed by atoms with van der Waals surface area (Å²) in [6.45, 7) is 0. The first-order valence-corrected chi connectivity index (χ1v) is 7.59. The molecule has 0 amide bonds. The van der Waals surface area contributed by atoms with Crippen molar-refractivity contribution in [2.24, 2.45) is 0 Å². The van der Waals surface area contributed by atoms with Gasteiger partial charge in [-0.15, -0.1) is 0 Å². The molecule has 3 rings (SSSR count). The molecule has 0 saturated carbocycles. The summed E-state index contributed by atoms with van der Waals surface area (Å²) in [7, 11) is 0. The number of halogens is 4. The Morgan fingerprint density at radius 3 is 2.43 bits per heavy atom. The van der Waals surface area contributed by atoms with Crippen molar-refractivity contribution >= 4 is 11.6 Å². The molecular formula is C15H17ClF3NO. The predicted molar refractivity (Wildman–Crippen MR) is 74.7 cm³/mol. The summed E-state index contributed by atoms with van der Waals surface area (Å²) in [6.07, 6.45) is 0.662. The summed E-state index contributed by atoms with van der Waals surface area (Å²) in [5.74, 6) is 0.247. The van der Waals surface area contributed by atoms with E-state index in [-0.39, 0.29) is 16.9 Å². The van der Waals surface area contributed by atoms with Gasteiger partial charge in [0.2, 0.25) is 0 Å². The van der Waals surface area contributed by atoms with Gasteiger partial charge < -0.3 is 10.1 Å². The first kappa shape index (κ1) is 15.0. The van der Waals surface area contributed by atoms with E-state index in [1.807, 2.05) is 0 Å². The number of hydrogen-bond acceptors (Lipinski definition) is 2. The first-order chi connectivity index (χ1) is 9.91. The Balaban J connectivity index is 1.73. The van der Waals surface area contributed by atoms with Crippen molar-refractivity contribution in [2.75, 3.05) is 0 Å². The minimum Gasteiger partial charge on any atom is -0.490 e. The standard InChI is InChI=1S/C15H17ClF3NO/c16-14-5-4-11(8-13(14)15(17,18)19)21-12-6-9-2-1-3-10(7-12)20-9/h4-5,8-10,12,20H,1-3,6-7H2/t9-,10+,12?. The van der Waals surface area contributed by atoms with Crippen LogP contribution in [0.1, 0.15) is 37.7 Å². The minimum absolute atomic E-state index is 0.0243. The molecule has 1 unspecified atom stereocenters. The van der Waals surface area contributed by atoms with E-state index in [0.717, 1.165) is 31.7 Å². The summed E-state index contributed by atoms with van der Waals surface area (Å²) in [5.41, 5.74) is -0.837. The van der Waals surface area contributed by atoms with Crippen LogP contribution in [0.3, 0.4) is 0 Å². The van der Waals surface area contributed by atoms with Crippen LogP contribution in [0.25, 0.3) is 0 Å². The van der Waals surface area contributed by atoms with Crippen LogP contribution in [0.4, 0.5) is 13.2 Å². The van der Waals surface area contributed by atoms with Gasteiger partial charge >= 0.3 is 6.18 Å². The molecular weight excluding hydrogens is 303 g/mol. The molecule has 1 aromatic carbocycles. The van der Waals surface area contributed by atoms with E-state index in [4.69, 9.17) is 16.3 Å². The maximum atomic E-state index is 12.8. The van der Waals surface area contributed by atoms with E-state index in [2.05, 4.69) is 5.32 Å². The number of rotatable bonds is 2. The molecule has 1 N–H and O–H groups in total. The summed E-state index contributed by atoms with van der Waals surface area (Å²) >= 11 is 5.62. The molecule has 6 heteroatoms. The smallest absolute Gasteiger partial charge is 0.417 e. The first-order valence-electron chi connectivity index (χ1n) is 7.21. The highest BCUT2D eigenvalue weighted by molar-refractivity contribution is 6.31. The lowest BCUT2D eigenvalue weighted by Crippen LogP contribution is -2.51. The fourth-order valence-corrected chi connectivity index (χ4v) is 3.52. The number of benzene rings is 1. The number of nitrogens with one attached hydrogen (secondary N) is 1. The van der Waals surface area contributed by atoms with E-state index >= 15 is 0 Å². The lowest BCUT2D eigenvalue weighted by molar-refractivity contribution is -0.137. The monoisotopic (exact) mass is 319 g/mol. The van der Waals surface area contributed by atoms with Crippen molar-refractivity contribution < 1.29 is 17.9 Å². The van der Waals surface area contributed by atoms with Gasteiger partial charge in [-0.25, -0.2) is 0 Å². The highest BCUT2D eigenvalue weighted by Crippen LogP contribution is 2.37. The van der Waals surface area contributed by atoms with Gasteiger partial charge in [0.05, 0.1) is 10.6 Å². The molecule has 2 fully saturated rings. The van der Waals surface area contributed by atoms with Gasteiger partial charge in [-0.05, 0) is 43.9 Å². The second-order valence-corrected chi connectivity index (χ2v) is 6.25. The number of piperidine rings is 2. The van der Waals surface area contributed by atoms with E-state index in [1.165, 1.54) is 18.6 Å². The molecule has 0 aromatic heterocycles. The van der Waals surface area contributed by atoms with Gasteiger partial charge in [-0.2, -0.15) is 13.2 Å². The van der Waals surface area contributed by atoms with Crippen LogP contribution in [-0.2, 0) is 6.18 Å². The van der Waals surface area contributed by atoms with E-state index in [1.54, 1.807) is 0 Å². The zero-order valence-corrected chi connectivity index (χ0v) is 12.2. The molecule has 0 spiro atoms. The maximum absolute atomic E-state index is 12.8. The molecule has 2 aliphatic rings. The normalized spacial score (nSPS) is 29.2. The van der Waals surface area contributed by atoms with Crippen LogP contribution in [0, 0.1) is 0 Å². The molecule has 116 valence electrons. The lowest BCUT2D eigenvalue weighted by Gasteiger charge is -2.40. The van der Waals surface area contributed by atoms with Crippen molar-refractivity contribution in [3.05, 3.63) is 28.8 Å². The van der Waals surface area contributed by atoms with Crippen LogP contribution < -0.4 is 10.1 Å². The topological polar surface area (TPSA) is 21.3 Å². The van der Waals surface area contributed by atoms with Crippen LogP contribution in [0.15, 0.2) is 18.2 Å². The zero-order chi connectivity index (χ0) is 15.0. The number of fused-ring (bicyclic) bond motifs is 2. The summed E-state index contributed by atoms with van der Waals surface area (Å²) in [6, 6.07) is 4.62. The Hall–Kier alpha value is -0.940. The molecule has 0 aliphatic carbocycles. The van der Waals surface area contributed by atoms with E-state index < -0.39 is 11.7 Å². The van der Waals surface area contributed by atoms with Crippen LogP contribution in [0.2, 0.25) is 5.02 Å². The number of alkyl halides is 3. The molecule has 21 heavy (non-hydrogen) atoms. The minimum atomic E-state index is -4.46. The average Bonchev–Trinajstić information content (AvgIpc) is 2.39. The second-order valence-electron chi connectivity index (χ2n) is 5.84. The molecule has 2 aliphatic heterocycles. The van der Waals surface area contributed by atoms with Crippen LogP contribution in [-0.4, -0.2) is 18.2 Å². The van der Waals surface area contributed by atoms with Crippen molar-refractivity contribution in [3.8, 4) is 5.75 Å². The van der Waals surface area contributed by atoms with Gasteiger partial charge in [-0.3, -0.25) is 0 Å². The third-order valence-corrected chi connectivity index (χ3v) is 4.55. The fourth-order valence-electron chi connectivity index (χ4n) is 3.30. The number of hydrogen-bond donors (Lipinski definition) is 1. The summed E-state index contributed by atoms with van der Waals surface area (Å²) < 4.78 is 44.3. The third-order valence-electron chi connectivity index (χ3n) is 4.22. The Labute approximate surface area is 126 Å². The maximum Gasteiger partial charge on any atom is 0.417 e. The predicted octanol–water partition coefficient (Wildman–Crippen LogP) is 4.41. The van der Waals surface area contributed by atoms with Gasteiger partial charge in [-0.1, -0.05) is 18.0 Å². The summed E-state index contributed by atoms with van der Waals surface area (Å²) in [4.78, 5) is 0. The van der Waals surface area contributed by atoms with Crippen molar-refractivity contribution in [1.29, 1.82) is 0 Å². The van der Waals surface area contributed by atoms with Crippen LogP contribution >= 0.6 is 11.6 Å². The third kappa shape index (κ3) is 3.46. The fraction of sp³-hybridized carbons (Fsp3) is 0.600. The molecule has 2 heterocycles. The molecule has 1 aromatic rings. The van der Waals surface area contributed by atoms with Gasteiger partial charge in [0.1, 0.15) is 11.9 Å².